The molecule has 0 fully saturated rings. The number of Topliss-reactive ketones (excluding diaryl/α,β-unsaturated/α-hetero) is 1. The van der Waals surface area contributed by atoms with Crippen LogP contribution in [0.25, 0.3) is 5.57 Å². The molecule has 0 spiro atoms. The summed E-state index contributed by atoms with van der Waals surface area (Å²) < 4.78 is 0. The number of rotatable bonds is 1. The molecule has 0 bridgehead atoms. The molecule has 0 amide bonds. The second-order valence-corrected chi connectivity index (χ2v) is 5.97. The van der Waals surface area contributed by atoms with E-state index in [1.807, 2.05) is 19.9 Å². The lowest BCUT2D eigenvalue weighted by molar-refractivity contribution is -0.116. The van der Waals surface area contributed by atoms with Crippen molar-refractivity contribution in [2.45, 2.75) is 46.5 Å². The molecule has 0 radical (unpaired) electrons. The molecule has 100 valence electrons. The minimum absolute atomic E-state index is 0.124. The second kappa shape index (κ2) is 3.96. The van der Waals surface area contributed by atoms with E-state index in [1.54, 1.807) is 6.07 Å². The Labute approximate surface area is 114 Å². The van der Waals surface area contributed by atoms with E-state index in [4.69, 9.17) is 0 Å². The zero-order chi connectivity index (χ0) is 13.8. The zero-order valence-electron chi connectivity index (χ0n) is 11.8. The van der Waals surface area contributed by atoms with Crippen LogP contribution in [0.5, 0.6) is 5.75 Å². The highest BCUT2D eigenvalue weighted by Gasteiger charge is 2.45. The number of fused-ring (bicyclic) bond motifs is 3. The maximum Gasteiger partial charge on any atom is 0.158 e. The summed E-state index contributed by atoms with van der Waals surface area (Å²) in [6, 6.07) is 3.76. The van der Waals surface area contributed by atoms with Gasteiger partial charge in [-0.05, 0) is 67.0 Å². The zero-order valence-corrected chi connectivity index (χ0v) is 11.8. The largest absolute Gasteiger partial charge is 0.508 e. The van der Waals surface area contributed by atoms with Crippen LogP contribution < -0.4 is 0 Å². The van der Waals surface area contributed by atoms with Crippen LogP contribution in [0.1, 0.15) is 49.8 Å². The maximum absolute atomic E-state index is 12.0. The number of carbonyl (C=O) groups excluding carboxylic acids is 1. The van der Waals surface area contributed by atoms with E-state index in [1.165, 1.54) is 16.7 Å². The van der Waals surface area contributed by atoms with Crippen LogP contribution in [0.2, 0.25) is 0 Å². The molecule has 1 unspecified atom stereocenters. The fourth-order valence-corrected chi connectivity index (χ4v) is 3.89. The molecule has 2 heteroatoms. The summed E-state index contributed by atoms with van der Waals surface area (Å²) in [4.78, 5) is 12.0. The Balaban J connectivity index is 2.31. The van der Waals surface area contributed by atoms with Gasteiger partial charge in [-0.15, -0.1) is 0 Å². The quantitative estimate of drug-likeness (QED) is 0.830. The predicted molar refractivity (Wildman–Crippen MR) is 76.1 cm³/mol. The van der Waals surface area contributed by atoms with Crippen LogP contribution in [0.4, 0.5) is 0 Å². The fraction of sp³-hybridized carbons (Fsp3) is 0.471. The van der Waals surface area contributed by atoms with E-state index in [-0.39, 0.29) is 11.2 Å². The van der Waals surface area contributed by atoms with Crippen molar-refractivity contribution in [2.75, 3.05) is 0 Å². The standard InChI is InChI=1S/C17H20O2/c1-4-17-8-7-15(19)11(3)16(17)12-5-6-14(18)10(2)13(12)9-17/h5-6,18H,4,7-9H2,1-3H3. The molecular weight excluding hydrogens is 236 g/mol. The molecule has 0 aromatic heterocycles. The lowest BCUT2D eigenvalue weighted by atomic mass is 9.68. The predicted octanol–water partition coefficient (Wildman–Crippen LogP) is 3.79. The summed E-state index contributed by atoms with van der Waals surface area (Å²) in [5.41, 5.74) is 5.74. The third-order valence-corrected chi connectivity index (χ3v) is 5.19. The number of phenols is 1. The van der Waals surface area contributed by atoms with Gasteiger partial charge in [-0.25, -0.2) is 0 Å². The van der Waals surface area contributed by atoms with E-state index in [0.29, 0.717) is 12.2 Å². The number of allylic oxidation sites excluding steroid dienone is 2. The molecule has 1 aromatic rings. The molecule has 1 N–H and O–H groups in total. The van der Waals surface area contributed by atoms with Crippen molar-refractivity contribution >= 4 is 11.4 Å². The van der Waals surface area contributed by atoms with Crippen LogP contribution in [0, 0.1) is 12.3 Å². The van der Waals surface area contributed by atoms with Gasteiger partial charge in [-0.3, -0.25) is 4.79 Å². The van der Waals surface area contributed by atoms with Gasteiger partial charge < -0.3 is 5.11 Å². The summed E-state index contributed by atoms with van der Waals surface area (Å²) in [6.45, 7) is 6.16. The fourth-order valence-electron chi connectivity index (χ4n) is 3.89. The minimum atomic E-state index is 0.124. The Bertz CT molecular complexity index is 610. The smallest absolute Gasteiger partial charge is 0.158 e. The van der Waals surface area contributed by atoms with Crippen molar-refractivity contribution in [3.05, 3.63) is 34.4 Å². The highest BCUT2D eigenvalue weighted by atomic mass is 16.3. The first kappa shape index (κ1) is 12.5. The Hall–Kier alpha value is -1.57. The molecular formula is C17H20O2. The van der Waals surface area contributed by atoms with E-state index < -0.39 is 0 Å². The van der Waals surface area contributed by atoms with Gasteiger partial charge in [0.05, 0.1) is 0 Å². The van der Waals surface area contributed by atoms with E-state index in [9.17, 15) is 9.90 Å². The Kier molecular flexibility index (Phi) is 2.60. The molecule has 2 aliphatic rings. The minimum Gasteiger partial charge on any atom is -0.508 e. The topological polar surface area (TPSA) is 37.3 Å². The third kappa shape index (κ3) is 1.52. The highest BCUT2D eigenvalue weighted by molar-refractivity contribution is 6.06. The highest BCUT2D eigenvalue weighted by Crippen LogP contribution is 2.56. The number of hydrogen-bond donors (Lipinski definition) is 1. The van der Waals surface area contributed by atoms with Gasteiger partial charge >= 0.3 is 0 Å². The lowest BCUT2D eigenvalue weighted by Gasteiger charge is -2.34. The molecule has 2 aliphatic carbocycles. The van der Waals surface area contributed by atoms with Crippen molar-refractivity contribution < 1.29 is 9.90 Å². The number of aromatic hydroxyl groups is 1. The summed E-state index contributed by atoms with van der Waals surface area (Å²) in [7, 11) is 0. The Morgan fingerprint density at radius 2 is 2.05 bits per heavy atom. The van der Waals surface area contributed by atoms with Gasteiger partial charge in [0, 0.05) is 11.8 Å². The molecule has 1 atom stereocenters. The maximum atomic E-state index is 12.0. The number of benzene rings is 1. The molecule has 0 saturated carbocycles. The second-order valence-electron chi connectivity index (χ2n) is 5.97. The summed E-state index contributed by atoms with van der Waals surface area (Å²) in [5, 5.41) is 9.91. The average Bonchev–Trinajstić information content (AvgIpc) is 2.75. The first-order chi connectivity index (χ1) is 9.00. The lowest BCUT2D eigenvalue weighted by Crippen LogP contribution is -2.27. The van der Waals surface area contributed by atoms with Gasteiger partial charge in [0.15, 0.2) is 5.78 Å². The van der Waals surface area contributed by atoms with E-state index >= 15 is 0 Å². The van der Waals surface area contributed by atoms with Crippen molar-refractivity contribution in [2.24, 2.45) is 5.41 Å². The SMILES string of the molecule is CCC12CCC(=O)C(C)=C1c1ccc(O)c(C)c1C2. The van der Waals surface area contributed by atoms with Gasteiger partial charge in [0.25, 0.3) is 0 Å². The number of phenolic OH excluding ortho intramolecular Hbond substituents is 1. The first-order valence-electron chi connectivity index (χ1n) is 7.06. The van der Waals surface area contributed by atoms with Crippen LogP contribution >= 0.6 is 0 Å². The van der Waals surface area contributed by atoms with E-state index in [0.717, 1.165) is 30.4 Å². The van der Waals surface area contributed by atoms with Crippen LogP contribution in [0.15, 0.2) is 17.7 Å². The monoisotopic (exact) mass is 256 g/mol. The summed E-state index contributed by atoms with van der Waals surface area (Å²) >= 11 is 0. The molecule has 0 heterocycles. The van der Waals surface area contributed by atoms with E-state index in [2.05, 4.69) is 6.92 Å². The molecule has 0 aliphatic heterocycles. The average molecular weight is 256 g/mol. The Morgan fingerprint density at radius 3 is 2.74 bits per heavy atom. The molecule has 3 rings (SSSR count). The summed E-state index contributed by atoms with van der Waals surface area (Å²) in [6.07, 6.45) is 3.65. The number of hydrogen-bond acceptors (Lipinski definition) is 2. The normalized spacial score (nSPS) is 25.5. The Morgan fingerprint density at radius 1 is 1.32 bits per heavy atom. The van der Waals surface area contributed by atoms with Crippen LogP contribution in [-0.2, 0) is 11.2 Å². The van der Waals surface area contributed by atoms with Crippen molar-refractivity contribution in [3.63, 3.8) is 0 Å². The molecule has 19 heavy (non-hydrogen) atoms. The number of carbonyl (C=O) groups is 1. The molecule has 0 saturated heterocycles. The van der Waals surface area contributed by atoms with Crippen molar-refractivity contribution in [3.8, 4) is 5.75 Å². The van der Waals surface area contributed by atoms with Gasteiger partial charge in [-0.1, -0.05) is 13.0 Å². The van der Waals surface area contributed by atoms with Gasteiger partial charge in [0.2, 0.25) is 0 Å². The van der Waals surface area contributed by atoms with Crippen molar-refractivity contribution in [1.29, 1.82) is 0 Å². The molecule has 1 aromatic carbocycles. The third-order valence-electron chi connectivity index (χ3n) is 5.19. The molecule has 2 nitrogen and oxygen atoms in total. The van der Waals surface area contributed by atoms with Crippen molar-refractivity contribution in [1.82, 2.24) is 0 Å². The van der Waals surface area contributed by atoms with Gasteiger partial charge in [0.1, 0.15) is 5.75 Å². The summed E-state index contributed by atoms with van der Waals surface area (Å²) in [5.74, 6) is 0.658. The number of ketones is 1. The van der Waals surface area contributed by atoms with Crippen LogP contribution in [-0.4, -0.2) is 10.9 Å². The first-order valence-corrected chi connectivity index (χ1v) is 7.06. The van der Waals surface area contributed by atoms with Crippen LogP contribution in [0.3, 0.4) is 0 Å². The van der Waals surface area contributed by atoms with Gasteiger partial charge in [-0.2, -0.15) is 0 Å².